The zero-order valence-corrected chi connectivity index (χ0v) is 38.1. The predicted octanol–water partition coefficient (Wildman–Crippen LogP) is 8.94. The van der Waals surface area contributed by atoms with E-state index in [1.165, 1.54) is 19.3 Å². The molecule has 1 rings (SSSR count). The molecular weight excluding hydrogens is 803 g/mol. The molecule has 14 heteroatoms. The molecule has 0 aromatic rings. The van der Waals surface area contributed by atoms with Gasteiger partial charge in [-0.25, -0.2) is 4.57 Å². The van der Waals surface area contributed by atoms with E-state index >= 15 is 0 Å². The summed E-state index contributed by atoms with van der Waals surface area (Å²) in [6, 6.07) is 0. The summed E-state index contributed by atoms with van der Waals surface area (Å²) in [6.45, 7) is 3.17. The minimum absolute atomic E-state index is 0.0764. The van der Waals surface area contributed by atoms with Gasteiger partial charge in [0.25, 0.3) is 0 Å². The quantitative estimate of drug-likeness (QED) is 0.0149. The highest BCUT2D eigenvalue weighted by Crippen LogP contribution is 2.47. The van der Waals surface area contributed by atoms with Crippen molar-refractivity contribution >= 4 is 19.8 Å². The molecule has 1 aliphatic rings. The molecule has 0 aromatic heterocycles. The lowest BCUT2D eigenvalue weighted by Crippen LogP contribution is -2.64. The maximum absolute atomic E-state index is 12.8. The Bertz CT molecular complexity index is 1300. The lowest BCUT2D eigenvalue weighted by Gasteiger charge is -2.41. The second kappa shape index (κ2) is 37.0. The number of hydrogen-bond acceptors (Lipinski definition) is 12. The van der Waals surface area contributed by atoms with E-state index in [4.69, 9.17) is 18.5 Å². The van der Waals surface area contributed by atoms with Crippen molar-refractivity contribution in [2.24, 2.45) is 0 Å². The Morgan fingerprint density at radius 2 is 0.918 bits per heavy atom. The van der Waals surface area contributed by atoms with Crippen LogP contribution in [-0.4, -0.2) is 98.3 Å². The molecule has 0 amide bonds. The molecule has 61 heavy (non-hydrogen) atoms. The van der Waals surface area contributed by atoms with E-state index in [2.05, 4.69) is 74.6 Å². The molecule has 1 aliphatic carbocycles. The van der Waals surface area contributed by atoms with Crippen molar-refractivity contribution in [3.05, 3.63) is 60.8 Å². The zero-order chi connectivity index (χ0) is 45.0. The molecule has 0 spiro atoms. The van der Waals surface area contributed by atoms with Crippen molar-refractivity contribution in [1.29, 1.82) is 0 Å². The fourth-order valence-corrected chi connectivity index (χ4v) is 7.54. The highest BCUT2D eigenvalue weighted by molar-refractivity contribution is 7.47. The molecule has 0 radical (unpaired) electrons. The van der Waals surface area contributed by atoms with Crippen molar-refractivity contribution in [2.75, 3.05) is 13.2 Å². The number of carbonyl (C=O) groups excluding carboxylic acids is 2. The first kappa shape index (κ1) is 56.6. The van der Waals surface area contributed by atoms with Crippen molar-refractivity contribution in [3.63, 3.8) is 0 Å². The smallest absolute Gasteiger partial charge is 0.462 e. The fourth-order valence-electron chi connectivity index (χ4n) is 6.57. The molecule has 1 saturated carbocycles. The van der Waals surface area contributed by atoms with E-state index in [-0.39, 0.29) is 12.8 Å². The van der Waals surface area contributed by atoms with E-state index in [0.29, 0.717) is 12.8 Å². The van der Waals surface area contributed by atoms with Crippen LogP contribution in [0.15, 0.2) is 60.8 Å². The third kappa shape index (κ3) is 29.5. The number of phosphoric acid groups is 1. The maximum Gasteiger partial charge on any atom is 0.472 e. The highest BCUT2D eigenvalue weighted by atomic mass is 31.2. The molecule has 0 heterocycles. The van der Waals surface area contributed by atoms with E-state index in [9.17, 15) is 44.6 Å². The SMILES string of the molecule is CCCC=CCC=CCCCCCCCC(=O)OC[C@H](COP(=O)(O)OC1C(O)C(O)C(O)[C@@H](O)C1O)OC(=O)CCCCCCCCC=CCC=CCC=CCCCCC. The fraction of sp³-hybridized carbons (Fsp3) is 0.745. The lowest BCUT2D eigenvalue weighted by molar-refractivity contribution is -0.220. The van der Waals surface area contributed by atoms with Crippen LogP contribution in [0, 0.1) is 0 Å². The van der Waals surface area contributed by atoms with Crippen LogP contribution in [0.3, 0.4) is 0 Å². The Kier molecular flexibility index (Phi) is 34.3. The van der Waals surface area contributed by atoms with Crippen LogP contribution in [0.5, 0.6) is 0 Å². The molecule has 0 saturated heterocycles. The number of ether oxygens (including phenoxy) is 2. The summed E-state index contributed by atoms with van der Waals surface area (Å²) in [4.78, 5) is 35.7. The minimum Gasteiger partial charge on any atom is -0.462 e. The van der Waals surface area contributed by atoms with Crippen LogP contribution in [0.25, 0.3) is 0 Å². The molecule has 6 N–H and O–H groups in total. The second-order valence-electron chi connectivity index (χ2n) is 15.9. The van der Waals surface area contributed by atoms with E-state index < -0.39 is 75.7 Å². The molecule has 1 fully saturated rings. The molecule has 13 nitrogen and oxygen atoms in total. The number of phosphoric ester groups is 1. The maximum atomic E-state index is 12.8. The van der Waals surface area contributed by atoms with Gasteiger partial charge < -0.3 is 39.9 Å². The lowest BCUT2D eigenvalue weighted by atomic mass is 9.85. The molecule has 6 unspecified atom stereocenters. The standard InChI is InChI=1S/C47H81O13P/c1-3-5-7-9-11-13-15-17-18-19-20-21-22-24-26-28-30-32-34-36-41(49)59-39(38-58-61(55,56)60-47-45(53)43(51)42(50)44(52)46(47)54)37-57-40(48)35-33-31-29-27-25-23-16-14-12-10-8-6-4-2/h8,10-11,13-14,16-18,20-21,39,42-47,50-54H,3-7,9,12,15,19,22-38H2,1-2H3,(H,55,56)/t39-,42?,43-,44?,45?,46?,47?/m1/s1. The van der Waals surface area contributed by atoms with Crippen molar-refractivity contribution in [1.82, 2.24) is 0 Å². The van der Waals surface area contributed by atoms with E-state index in [0.717, 1.165) is 109 Å². The van der Waals surface area contributed by atoms with Crippen LogP contribution in [0.4, 0.5) is 0 Å². The number of aliphatic hydroxyl groups is 5. The van der Waals surface area contributed by atoms with Crippen LogP contribution in [0.1, 0.15) is 168 Å². The topological polar surface area (TPSA) is 210 Å². The van der Waals surface area contributed by atoms with Gasteiger partial charge >= 0.3 is 19.8 Å². The Hall–Kier alpha value is -2.45. The number of aliphatic hydroxyl groups excluding tert-OH is 5. The van der Waals surface area contributed by atoms with Gasteiger partial charge in [0.1, 0.15) is 43.2 Å². The van der Waals surface area contributed by atoms with Gasteiger partial charge in [0.05, 0.1) is 6.61 Å². The van der Waals surface area contributed by atoms with Gasteiger partial charge in [-0.2, -0.15) is 0 Å². The Morgan fingerprint density at radius 3 is 1.41 bits per heavy atom. The van der Waals surface area contributed by atoms with Gasteiger partial charge in [-0.15, -0.1) is 0 Å². The van der Waals surface area contributed by atoms with Gasteiger partial charge in [-0.05, 0) is 77.0 Å². The number of unbranched alkanes of at least 4 members (excludes halogenated alkanes) is 15. The van der Waals surface area contributed by atoms with Gasteiger partial charge in [-0.3, -0.25) is 18.6 Å². The van der Waals surface area contributed by atoms with Crippen LogP contribution in [-0.2, 0) is 32.7 Å². The monoisotopic (exact) mass is 885 g/mol. The molecule has 0 aromatic carbocycles. The van der Waals surface area contributed by atoms with Crippen molar-refractivity contribution in [3.8, 4) is 0 Å². The van der Waals surface area contributed by atoms with E-state index in [1.807, 2.05) is 0 Å². The first-order chi connectivity index (χ1) is 29.4. The third-order valence-corrected chi connectivity index (χ3v) is 11.3. The van der Waals surface area contributed by atoms with E-state index in [1.54, 1.807) is 0 Å². The summed E-state index contributed by atoms with van der Waals surface area (Å²) in [5, 5.41) is 50.1. The van der Waals surface area contributed by atoms with Gasteiger partial charge in [0.15, 0.2) is 6.10 Å². The minimum atomic E-state index is -5.13. The summed E-state index contributed by atoms with van der Waals surface area (Å²) >= 11 is 0. The van der Waals surface area contributed by atoms with Gasteiger partial charge in [0, 0.05) is 12.8 Å². The van der Waals surface area contributed by atoms with Gasteiger partial charge in [0.2, 0.25) is 0 Å². The van der Waals surface area contributed by atoms with Crippen molar-refractivity contribution in [2.45, 2.75) is 211 Å². The summed E-state index contributed by atoms with van der Waals surface area (Å²) in [6.07, 6.45) is 31.3. The van der Waals surface area contributed by atoms with Crippen LogP contribution < -0.4 is 0 Å². The van der Waals surface area contributed by atoms with Crippen molar-refractivity contribution < 1.29 is 63.1 Å². The third-order valence-electron chi connectivity index (χ3n) is 10.3. The summed E-state index contributed by atoms with van der Waals surface area (Å²) in [7, 11) is -5.13. The number of rotatable bonds is 37. The first-order valence-electron chi connectivity index (χ1n) is 23.1. The van der Waals surface area contributed by atoms with Gasteiger partial charge in [-0.1, -0.05) is 139 Å². The van der Waals surface area contributed by atoms with Crippen LogP contribution >= 0.6 is 7.82 Å². The number of esters is 2. The Labute approximate surface area is 366 Å². The normalized spacial score (nSPS) is 22.6. The molecular formula is C47H81O13P. The summed E-state index contributed by atoms with van der Waals surface area (Å²) in [5.41, 5.74) is 0. The first-order valence-corrected chi connectivity index (χ1v) is 24.6. The summed E-state index contributed by atoms with van der Waals surface area (Å²) in [5.74, 6) is -1.14. The summed E-state index contributed by atoms with van der Waals surface area (Å²) < 4.78 is 33.5. The number of hydrogen-bond donors (Lipinski definition) is 6. The molecule has 0 aliphatic heterocycles. The second-order valence-corrected chi connectivity index (χ2v) is 17.3. The molecule has 8 atom stereocenters. The average molecular weight is 885 g/mol. The molecule has 0 bridgehead atoms. The number of carbonyl (C=O) groups is 2. The van der Waals surface area contributed by atoms with Crippen LogP contribution in [0.2, 0.25) is 0 Å². The highest BCUT2D eigenvalue weighted by Gasteiger charge is 2.51. The Balaban J connectivity index is 2.47. The molecule has 352 valence electrons. The largest absolute Gasteiger partial charge is 0.472 e. The average Bonchev–Trinajstić information content (AvgIpc) is 3.24. The predicted molar refractivity (Wildman–Crippen MR) is 239 cm³/mol. The Morgan fingerprint density at radius 1 is 0.508 bits per heavy atom. The zero-order valence-electron chi connectivity index (χ0n) is 37.2. The number of allylic oxidation sites excluding steroid dienone is 10.